The van der Waals surface area contributed by atoms with Crippen LogP contribution in [0.2, 0.25) is 0 Å². The maximum Gasteiger partial charge on any atom is 0.222 e. The Balaban J connectivity index is 1.96. The maximum atomic E-state index is 11.5. The van der Waals surface area contributed by atoms with Crippen LogP contribution >= 0.6 is 0 Å². The van der Waals surface area contributed by atoms with Crippen molar-refractivity contribution in [3.63, 3.8) is 0 Å². The van der Waals surface area contributed by atoms with Crippen LogP contribution in [0.1, 0.15) is 33.1 Å². The molecule has 3 N–H and O–H groups in total. The van der Waals surface area contributed by atoms with Crippen LogP contribution in [0, 0.1) is 5.92 Å². The number of carbonyl (C=O) groups is 2. The summed E-state index contributed by atoms with van der Waals surface area (Å²) in [6, 6.07) is 0. The van der Waals surface area contributed by atoms with Gasteiger partial charge in [0.1, 0.15) is 0 Å². The molecular formula is C14H27N3O3. The van der Waals surface area contributed by atoms with E-state index in [9.17, 15) is 9.59 Å². The van der Waals surface area contributed by atoms with Crippen LogP contribution in [0.15, 0.2) is 0 Å². The van der Waals surface area contributed by atoms with Gasteiger partial charge in [0.25, 0.3) is 0 Å². The summed E-state index contributed by atoms with van der Waals surface area (Å²) < 4.78 is 5.66. The fourth-order valence-electron chi connectivity index (χ4n) is 1.96. The zero-order chi connectivity index (χ0) is 14.8. The Kier molecular flexibility index (Phi) is 8.22. The predicted molar refractivity (Wildman–Crippen MR) is 77.3 cm³/mol. The molecule has 0 spiro atoms. The molecule has 0 aromatic rings. The lowest BCUT2D eigenvalue weighted by atomic mass is 10.1. The van der Waals surface area contributed by atoms with Crippen LogP contribution < -0.4 is 16.0 Å². The Hall–Kier alpha value is -1.14. The molecule has 0 radical (unpaired) electrons. The highest BCUT2D eigenvalue weighted by Gasteiger charge is 2.13. The van der Waals surface area contributed by atoms with E-state index in [1.165, 1.54) is 0 Å². The second-order valence-electron chi connectivity index (χ2n) is 5.37. The fourth-order valence-corrected chi connectivity index (χ4v) is 1.96. The number of carbonyl (C=O) groups excluding carboxylic acids is 2. The molecule has 0 bridgehead atoms. The summed E-state index contributed by atoms with van der Waals surface area (Å²) in [5.41, 5.74) is 0. The number of ether oxygens (including phenoxy) is 1. The quantitative estimate of drug-likeness (QED) is 0.550. The highest BCUT2D eigenvalue weighted by Crippen LogP contribution is 2.07. The third kappa shape index (κ3) is 7.45. The number of hydrogen-bond acceptors (Lipinski definition) is 4. The van der Waals surface area contributed by atoms with Gasteiger partial charge in [-0.25, -0.2) is 0 Å². The molecule has 116 valence electrons. The Morgan fingerprint density at radius 1 is 1.20 bits per heavy atom. The molecule has 1 aliphatic rings. The van der Waals surface area contributed by atoms with Crippen molar-refractivity contribution in [2.75, 3.05) is 32.8 Å². The predicted octanol–water partition coefficient (Wildman–Crippen LogP) is 0.0335. The van der Waals surface area contributed by atoms with E-state index in [1.54, 1.807) is 0 Å². The number of rotatable bonds is 8. The van der Waals surface area contributed by atoms with Gasteiger partial charge >= 0.3 is 0 Å². The summed E-state index contributed by atoms with van der Waals surface area (Å²) >= 11 is 0. The minimum absolute atomic E-state index is 0.00786. The van der Waals surface area contributed by atoms with Gasteiger partial charge in [0.15, 0.2) is 0 Å². The molecule has 6 nitrogen and oxygen atoms in total. The SMILES string of the molecule is CC(C)C(=O)NCCNC(=O)CCOC1CCNCC1. The van der Waals surface area contributed by atoms with Gasteiger partial charge in [-0.2, -0.15) is 0 Å². The molecule has 1 aliphatic heterocycles. The number of nitrogens with one attached hydrogen (secondary N) is 3. The van der Waals surface area contributed by atoms with Gasteiger partial charge in [-0.1, -0.05) is 13.8 Å². The van der Waals surface area contributed by atoms with Gasteiger partial charge < -0.3 is 20.7 Å². The van der Waals surface area contributed by atoms with Crippen molar-refractivity contribution in [1.82, 2.24) is 16.0 Å². The molecule has 0 unspecified atom stereocenters. The first-order valence-corrected chi connectivity index (χ1v) is 7.46. The van der Waals surface area contributed by atoms with Crippen molar-refractivity contribution in [1.29, 1.82) is 0 Å². The Labute approximate surface area is 121 Å². The summed E-state index contributed by atoms with van der Waals surface area (Å²) in [7, 11) is 0. The molecule has 2 amide bonds. The summed E-state index contributed by atoms with van der Waals surface area (Å²) in [6.07, 6.45) is 2.70. The van der Waals surface area contributed by atoms with Crippen LogP contribution in [0.4, 0.5) is 0 Å². The van der Waals surface area contributed by atoms with Gasteiger partial charge in [-0.15, -0.1) is 0 Å². The van der Waals surface area contributed by atoms with Gasteiger partial charge in [0, 0.05) is 25.4 Å². The molecule has 1 fully saturated rings. The first-order valence-electron chi connectivity index (χ1n) is 7.46. The summed E-state index contributed by atoms with van der Waals surface area (Å²) in [5, 5.41) is 8.79. The van der Waals surface area contributed by atoms with E-state index < -0.39 is 0 Å². The average Bonchev–Trinajstić information content (AvgIpc) is 2.44. The van der Waals surface area contributed by atoms with Gasteiger partial charge in [-0.05, 0) is 25.9 Å². The largest absolute Gasteiger partial charge is 0.378 e. The first-order chi connectivity index (χ1) is 9.59. The number of hydrogen-bond donors (Lipinski definition) is 3. The van der Waals surface area contributed by atoms with Gasteiger partial charge in [0.2, 0.25) is 11.8 Å². The third-order valence-electron chi connectivity index (χ3n) is 3.24. The van der Waals surface area contributed by atoms with E-state index in [1.807, 2.05) is 13.8 Å². The second kappa shape index (κ2) is 9.72. The number of amides is 2. The highest BCUT2D eigenvalue weighted by atomic mass is 16.5. The third-order valence-corrected chi connectivity index (χ3v) is 3.24. The molecule has 0 aromatic carbocycles. The van der Waals surface area contributed by atoms with E-state index in [4.69, 9.17) is 4.74 Å². The Morgan fingerprint density at radius 3 is 2.50 bits per heavy atom. The zero-order valence-electron chi connectivity index (χ0n) is 12.5. The van der Waals surface area contributed by atoms with Crippen LogP contribution in [-0.4, -0.2) is 50.7 Å². The van der Waals surface area contributed by atoms with Crippen molar-refractivity contribution in [3.8, 4) is 0 Å². The van der Waals surface area contributed by atoms with Crippen molar-refractivity contribution in [2.24, 2.45) is 5.92 Å². The molecule has 6 heteroatoms. The normalized spacial score (nSPS) is 16.1. The topological polar surface area (TPSA) is 79.5 Å². The minimum Gasteiger partial charge on any atom is -0.378 e. The summed E-state index contributed by atoms with van der Waals surface area (Å²) in [6.45, 7) is 7.06. The van der Waals surface area contributed by atoms with Crippen molar-refractivity contribution in [2.45, 2.75) is 39.2 Å². The van der Waals surface area contributed by atoms with Gasteiger partial charge in [-0.3, -0.25) is 9.59 Å². The molecule has 0 aromatic heterocycles. The monoisotopic (exact) mass is 285 g/mol. The molecule has 1 saturated heterocycles. The van der Waals surface area contributed by atoms with Crippen molar-refractivity contribution < 1.29 is 14.3 Å². The van der Waals surface area contributed by atoms with Crippen LogP contribution in [0.5, 0.6) is 0 Å². The first kappa shape index (κ1) is 16.9. The average molecular weight is 285 g/mol. The lowest BCUT2D eigenvalue weighted by molar-refractivity contribution is -0.125. The molecule has 0 aliphatic carbocycles. The van der Waals surface area contributed by atoms with E-state index in [2.05, 4.69) is 16.0 Å². The highest BCUT2D eigenvalue weighted by molar-refractivity contribution is 5.78. The lowest BCUT2D eigenvalue weighted by Gasteiger charge is -2.22. The van der Waals surface area contributed by atoms with E-state index in [-0.39, 0.29) is 23.8 Å². The standard InChI is InChI=1S/C14H27N3O3/c1-11(2)14(19)17-9-8-16-13(18)5-10-20-12-3-6-15-7-4-12/h11-12,15H,3-10H2,1-2H3,(H,16,18)(H,17,19). The molecular weight excluding hydrogens is 258 g/mol. The Bertz CT molecular complexity index is 302. The van der Waals surface area contributed by atoms with E-state index in [0.717, 1.165) is 25.9 Å². The molecule has 1 heterocycles. The van der Waals surface area contributed by atoms with Crippen LogP contribution in [0.25, 0.3) is 0 Å². The minimum atomic E-state index is -0.0299. The molecule has 0 saturated carbocycles. The van der Waals surface area contributed by atoms with Crippen LogP contribution in [-0.2, 0) is 14.3 Å². The van der Waals surface area contributed by atoms with Crippen molar-refractivity contribution in [3.05, 3.63) is 0 Å². The number of piperidine rings is 1. The molecule has 0 atom stereocenters. The van der Waals surface area contributed by atoms with Crippen LogP contribution in [0.3, 0.4) is 0 Å². The Morgan fingerprint density at radius 2 is 1.85 bits per heavy atom. The molecule has 20 heavy (non-hydrogen) atoms. The zero-order valence-corrected chi connectivity index (χ0v) is 12.5. The van der Waals surface area contributed by atoms with E-state index >= 15 is 0 Å². The van der Waals surface area contributed by atoms with Gasteiger partial charge in [0.05, 0.1) is 12.7 Å². The lowest BCUT2D eigenvalue weighted by Crippen LogP contribution is -2.37. The fraction of sp³-hybridized carbons (Fsp3) is 0.857. The maximum absolute atomic E-state index is 11.5. The second-order valence-corrected chi connectivity index (χ2v) is 5.37. The smallest absolute Gasteiger partial charge is 0.222 e. The summed E-state index contributed by atoms with van der Waals surface area (Å²) in [5.74, 6) is -0.0460. The van der Waals surface area contributed by atoms with Crippen molar-refractivity contribution >= 4 is 11.8 Å². The summed E-state index contributed by atoms with van der Waals surface area (Å²) in [4.78, 5) is 22.8. The van der Waals surface area contributed by atoms with E-state index in [0.29, 0.717) is 26.1 Å². The molecule has 1 rings (SSSR count).